The molecule has 3 rings (SSSR count). The first-order valence-corrected chi connectivity index (χ1v) is 11.9. The molecule has 40 heavy (non-hydrogen) atoms. The van der Waals surface area contributed by atoms with Gasteiger partial charge in [0.05, 0.1) is 27.2 Å². The number of methoxy groups -OCH3 is 3. The number of carbonyl (C=O) groups is 3. The third-order valence-corrected chi connectivity index (χ3v) is 5.13. The Hall–Kier alpha value is -4.93. The lowest BCUT2D eigenvalue weighted by molar-refractivity contribution is -0.144. The van der Waals surface area contributed by atoms with Gasteiger partial charge in [0, 0.05) is 0 Å². The number of hydrogen-bond donors (Lipinski definition) is 3. The van der Waals surface area contributed by atoms with Crippen molar-refractivity contribution in [1.82, 2.24) is 0 Å². The van der Waals surface area contributed by atoms with Crippen LogP contribution in [0.15, 0.2) is 72.8 Å². The van der Waals surface area contributed by atoms with Crippen molar-refractivity contribution in [2.45, 2.75) is 25.9 Å². The monoisotopic (exact) mass is 558 g/mol. The fourth-order valence-electron chi connectivity index (χ4n) is 2.76. The maximum Gasteiger partial charge on any atom is 0.344 e. The van der Waals surface area contributed by atoms with Gasteiger partial charge in [0.25, 0.3) is 0 Å². The first kappa shape index (κ1) is 33.1. The van der Waals surface area contributed by atoms with Crippen LogP contribution in [-0.4, -0.2) is 67.3 Å². The Morgan fingerprint density at radius 1 is 0.600 bits per heavy atom. The van der Waals surface area contributed by atoms with E-state index in [1.165, 1.54) is 6.92 Å². The van der Waals surface area contributed by atoms with E-state index in [9.17, 15) is 14.4 Å². The van der Waals surface area contributed by atoms with Gasteiger partial charge < -0.3 is 39.0 Å². The summed E-state index contributed by atoms with van der Waals surface area (Å²) in [5.41, 5.74) is 0.785. The van der Waals surface area contributed by atoms with E-state index in [2.05, 4.69) is 0 Å². The Balaban J connectivity index is 0.000000300. The second kappa shape index (κ2) is 17.6. The SMILES string of the molecule is COc1ccc(C(C)C(=O)O)cc1.COc1ccc(OC(C)C(=O)O)cc1.COc1ccc(OCC(=O)O)cc1. The second-order valence-electron chi connectivity index (χ2n) is 7.96. The highest BCUT2D eigenvalue weighted by Crippen LogP contribution is 2.20. The number of carboxylic acid groups (broad SMARTS) is 3. The van der Waals surface area contributed by atoms with Gasteiger partial charge in [-0.1, -0.05) is 12.1 Å². The van der Waals surface area contributed by atoms with Gasteiger partial charge in [0.2, 0.25) is 0 Å². The Morgan fingerprint density at radius 3 is 1.32 bits per heavy atom. The fraction of sp³-hybridized carbons (Fsp3) is 0.276. The standard InChI is InChI=1S/C10H12O4.C10H12O3.C9H10O4/c1-7(10(11)12)14-9-5-3-8(13-2)4-6-9;1-7(10(11)12)8-3-5-9(13-2)6-4-8;1-12-7-2-4-8(5-3-7)13-6-9(10)11/h3-7H,1-2H3,(H,11,12);3-7H,1-2H3,(H,11,12);2-5H,6H2,1H3,(H,10,11). The summed E-state index contributed by atoms with van der Waals surface area (Å²) in [6, 6.07) is 20.5. The van der Waals surface area contributed by atoms with E-state index in [0.717, 1.165) is 11.3 Å². The number of rotatable bonds is 11. The summed E-state index contributed by atoms with van der Waals surface area (Å²) in [6.07, 6.45) is -0.844. The molecule has 0 fully saturated rings. The molecule has 0 spiro atoms. The van der Waals surface area contributed by atoms with Crippen LogP contribution in [0.25, 0.3) is 0 Å². The Morgan fingerprint density at radius 2 is 0.975 bits per heavy atom. The summed E-state index contributed by atoms with van der Waals surface area (Å²) in [7, 11) is 4.71. The molecule has 0 amide bonds. The first-order chi connectivity index (χ1) is 19.0. The molecule has 0 heterocycles. The van der Waals surface area contributed by atoms with Crippen molar-refractivity contribution in [2.24, 2.45) is 0 Å². The molecule has 3 aromatic rings. The quantitative estimate of drug-likeness (QED) is 0.302. The molecule has 3 N–H and O–H groups in total. The summed E-state index contributed by atoms with van der Waals surface area (Å²) in [5.74, 6) is -0.0686. The minimum absolute atomic E-state index is 0.327. The molecule has 0 aliphatic heterocycles. The lowest BCUT2D eigenvalue weighted by Crippen LogP contribution is -2.22. The van der Waals surface area contributed by atoms with Crippen LogP contribution in [0.2, 0.25) is 0 Å². The van der Waals surface area contributed by atoms with Crippen LogP contribution in [0.3, 0.4) is 0 Å². The molecule has 0 bridgehead atoms. The van der Waals surface area contributed by atoms with Crippen molar-refractivity contribution in [3.8, 4) is 28.7 Å². The molecule has 0 saturated carbocycles. The van der Waals surface area contributed by atoms with Crippen molar-refractivity contribution < 1.29 is 53.4 Å². The zero-order valence-corrected chi connectivity index (χ0v) is 22.9. The molecule has 3 aromatic carbocycles. The highest BCUT2D eigenvalue weighted by atomic mass is 16.5. The average Bonchev–Trinajstić information content (AvgIpc) is 2.97. The lowest BCUT2D eigenvalue weighted by Gasteiger charge is -2.10. The van der Waals surface area contributed by atoms with Gasteiger partial charge in [-0.3, -0.25) is 4.79 Å². The highest BCUT2D eigenvalue weighted by Gasteiger charge is 2.13. The number of benzene rings is 3. The summed E-state index contributed by atoms with van der Waals surface area (Å²) in [4.78, 5) is 31.2. The number of aliphatic carboxylic acids is 3. The lowest BCUT2D eigenvalue weighted by atomic mass is 10.0. The maximum absolute atomic E-state index is 10.6. The molecule has 11 heteroatoms. The second-order valence-corrected chi connectivity index (χ2v) is 7.96. The predicted molar refractivity (Wildman–Crippen MR) is 146 cm³/mol. The fourth-order valence-corrected chi connectivity index (χ4v) is 2.76. The minimum Gasteiger partial charge on any atom is -0.497 e. The zero-order valence-electron chi connectivity index (χ0n) is 22.9. The molecular weight excluding hydrogens is 524 g/mol. The summed E-state index contributed by atoms with van der Waals surface area (Å²) >= 11 is 0. The van der Waals surface area contributed by atoms with Gasteiger partial charge >= 0.3 is 17.9 Å². The van der Waals surface area contributed by atoms with E-state index < -0.39 is 29.9 Å². The smallest absolute Gasteiger partial charge is 0.344 e. The highest BCUT2D eigenvalue weighted by molar-refractivity contribution is 5.75. The van der Waals surface area contributed by atoms with Gasteiger partial charge in [0.1, 0.15) is 28.7 Å². The average molecular weight is 559 g/mol. The van der Waals surface area contributed by atoms with E-state index in [0.29, 0.717) is 23.0 Å². The normalized spacial score (nSPS) is 11.1. The molecule has 2 unspecified atom stereocenters. The van der Waals surface area contributed by atoms with E-state index in [4.69, 9.17) is 39.0 Å². The van der Waals surface area contributed by atoms with Crippen LogP contribution < -0.4 is 23.7 Å². The van der Waals surface area contributed by atoms with Crippen LogP contribution in [0.1, 0.15) is 25.3 Å². The topological polar surface area (TPSA) is 158 Å². The van der Waals surface area contributed by atoms with Crippen molar-refractivity contribution >= 4 is 17.9 Å². The van der Waals surface area contributed by atoms with Gasteiger partial charge in [-0.2, -0.15) is 0 Å². The minimum atomic E-state index is -0.990. The van der Waals surface area contributed by atoms with Crippen LogP contribution in [0.4, 0.5) is 0 Å². The Bertz CT molecular complexity index is 1170. The van der Waals surface area contributed by atoms with Crippen molar-refractivity contribution in [3.05, 3.63) is 78.4 Å². The summed E-state index contributed by atoms with van der Waals surface area (Å²) in [5, 5.41) is 25.7. The van der Waals surface area contributed by atoms with Crippen molar-refractivity contribution in [1.29, 1.82) is 0 Å². The number of carboxylic acids is 3. The Labute approximate surface area is 232 Å². The third-order valence-electron chi connectivity index (χ3n) is 5.13. The molecule has 11 nitrogen and oxygen atoms in total. The van der Waals surface area contributed by atoms with Crippen molar-refractivity contribution in [3.63, 3.8) is 0 Å². The zero-order chi connectivity index (χ0) is 30.1. The van der Waals surface area contributed by atoms with Crippen LogP contribution in [-0.2, 0) is 14.4 Å². The molecule has 0 radical (unpaired) electrons. The van der Waals surface area contributed by atoms with Gasteiger partial charge in [-0.15, -0.1) is 0 Å². The summed E-state index contributed by atoms with van der Waals surface area (Å²) < 4.78 is 24.9. The van der Waals surface area contributed by atoms with Gasteiger partial charge in [0.15, 0.2) is 12.7 Å². The molecule has 0 aliphatic rings. The van der Waals surface area contributed by atoms with Crippen LogP contribution in [0.5, 0.6) is 28.7 Å². The Kier molecular flexibility index (Phi) is 14.5. The third kappa shape index (κ3) is 12.5. The molecular formula is C29H34O11. The van der Waals surface area contributed by atoms with Crippen molar-refractivity contribution in [2.75, 3.05) is 27.9 Å². The maximum atomic E-state index is 10.6. The molecule has 0 aromatic heterocycles. The number of hydrogen-bond acceptors (Lipinski definition) is 8. The van der Waals surface area contributed by atoms with Crippen LogP contribution in [0, 0.1) is 0 Å². The van der Waals surface area contributed by atoms with E-state index in [1.54, 1.807) is 101 Å². The van der Waals surface area contributed by atoms with E-state index in [-0.39, 0.29) is 6.61 Å². The summed E-state index contributed by atoms with van der Waals surface area (Å²) in [6.45, 7) is 2.81. The van der Waals surface area contributed by atoms with E-state index in [1.807, 2.05) is 0 Å². The van der Waals surface area contributed by atoms with Crippen LogP contribution >= 0.6 is 0 Å². The molecule has 0 saturated heterocycles. The first-order valence-electron chi connectivity index (χ1n) is 11.9. The molecule has 216 valence electrons. The van der Waals surface area contributed by atoms with E-state index >= 15 is 0 Å². The largest absolute Gasteiger partial charge is 0.497 e. The molecule has 0 aliphatic carbocycles. The number of ether oxygens (including phenoxy) is 5. The van der Waals surface area contributed by atoms with Gasteiger partial charge in [-0.25, -0.2) is 9.59 Å². The van der Waals surface area contributed by atoms with Gasteiger partial charge in [-0.05, 0) is 80.1 Å². The predicted octanol–water partition coefficient (Wildman–Crippen LogP) is 4.59. The molecule has 2 atom stereocenters.